The molecule has 1 fully saturated rings. The number of rotatable bonds is 4. The summed E-state index contributed by atoms with van der Waals surface area (Å²) >= 11 is 0. The fraction of sp³-hybridized carbons (Fsp3) is 0.370. The van der Waals surface area contributed by atoms with Crippen LogP contribution < -0.4 is 25.6 Å². The molecule has 0 spiro atoms. The molecule has 2 aromatic carbocycles. The first-order valence-corrected chi connectivity index (χ1v) is 12.0. The van der Waals surface area contributed by atoms with Crippen LogP contribution in [-0.4, -0.2) is 75.0 Å². The van der Waals surface area contributed by atoms with E-state index in [4.69, 9.17) is 4.74 Å². The van der Waals surface area contributed by atoms with Crippen LogP contribution >= 0.6 is 0 Å². The Morgan fingerprint density at radius 2 is 1.89 bits per heavy atom. The second-order valence-electron chi connectivity index (χ2n) is 8.85. The summed E-state index contributed by atoms with van der Waals surface area (Å²) in [6, 6.07) is 13.4. The van der Waals surface area contributed by atoms with Crippen molar-refractivity contribution in [2.45, 2.75) is 19.0 Å². The van der Waals surface area contributed by atoms with Gasteiger partial charge in [0.1, 0.15) is 18.4 Å². The van der Waals surface area contributed by atoms with E-state index in [2.05, 4.69) is 32.7 Å². The normalized spacial score (nSPS) is 18.6. The third kappa shape index (κ3) is 6.22. The van der Waals surface area contributed by atoms with E-state index < -0.39 is 17.9 Å². The number of hydrogen-bond donors (Lipinski definition) is 3. The molecule has 9 heteroatoms. The van der Waals surface area contributed by atoms with Crippen molar-refractivity contribution >= 4 is 23.4 Å². The molecule has 188 valence electrons. The van der Waals surface area contributed by atoms with Gasteiger partial charge in [0.2, 0.25) is 0 Å². The van der Waals surface area contributed by atoms with E-state index in [1.54, 1.807) is 26.1 Å². The van der Waals surface area contributed by atoms with E-state index >= 15 is 0 Å². The van der Waals surface area contributed by atoms with Gasteiger partial charge >= 0.3 is 11.8 Å². The van der Waals surface area contributed by atoms with Crippen molar-refractivity contribution in [2.75, 3.05) is 51.3 Å². The molecule has 0 bridgehead atoms. The summed E-state index contributed by atoms with van der Waals surface area (Å²) in [5, 5.41) is 8.48. The second kappa shape index (κ2) is 11.7. The third-order valence-corrected chi connectivity index (χ3v) is 6.26. The van der Waals surface area contributed by atoms with Gasteiger partial charge in [-0.25, -0.2) is 0 Å². The van der Waals surface area contributed by atoms with Gasteiger partial charge < -0.3 is 25.6 Å². The standard InChI is InChI=1S/C27H31N5O4/c1-19(21-8-4-3-5-9-21)29-25(33)26(34)30-22-18-36-24-11-10-20(17-23(24)31(2)27(22)35)7-6-14-32-15-12-28-13-16-32/h3-5,8-11,17,19,22,28H,12-16,18H2,1-2H3,(H,29,33)(H,30,34)/t19-,22+/m1/s1. The first-order valence-electron chi connectivity index (χ1n) is 12.0. The largest absolute Gasteiger partial charge is 0.489 e. The Morgan fingerprint density at radius 3 is 2.64 bits per heavy atom. The van der Waals surface area contributed by atoms with E-state index in [1.165, 1.54) is 4.90 Å². The van der Waals surface area contributed by atoms with Crippen LogP contribution in [0, 0.1) is 11.8 Å². The van der Waals surface area contributed by atoms with E-state index in [-0.39, 0.29) is 18.6 Å². The molecule has 36 heavy (non-hydrogen) atoms. The molecule has 0 unspecified atom stereocenters. The molecule has 3 amide bonds. The molecule has 0 saturated carbocycles. The molecule has 2 aromatic rings. The van der Waals surface area contributed by atoms with Crippen LogP contribution in [0.3, 0.4) is 0 Å². The van der Waals surface area contributed by atoms with Crippen molar-refractivity contribution in [3.8, 4) is 17.6 Å². The summed E-state index contributed by atoms with van der Waals surface area (Å²) in [4.78, 5) is 41.8. The second-order valence-corrected chi connectivity index (χ2v) is 8.85. The molecule has 2 aliphatic heterocycles. The molecule has 0 radical (unpaired) electrons. The van der Waals surface area contributed by atoms with Gasteiger partial charge in [0.05, 0.1) is 18.3 Å². The number of carbonyl (C=O) groups excluding carboxylic acids is 3. The van der Waals surface area contributed by atoms with Crippen LogP contribution in [0.25, 0.3) is 0 Å². The average molecular weight is 490 g/mol. The van der Waals surface area contributed by atoms with Gasteiger partial charge in [-0.1, -0.05) is 42.2 Å². The first kappa shape index (κ1) is 25.2. The number of ether oxygens (including phenoxy) is 1. The Kier molecular flexibility index (Phi) is 8.21. The third-order valence-electron chi connectivity index (χ3n) is 6.26. The van der Waals surface area contributed by atoms with Gasteiger partial charge in [0.25, 0.3) is 5.91 Å². The van der Waals surface area contributed by atoms with Gasteiger partial charge in [0.15, 0.2) is 0 Å². The predicted molar refractivity (Wildman–Crippen MR) is 136 cm³/mol. The molecular weight excluding hydrogens is 458 g/mol. The lowest BCUT2D eigenvalue weighted by molar-refractivity contribution is -0.141. The maximum absolute atomic E-state index is 13.1. The van der Waals surface area contributed by atoms with Crippen molar-refractivity contribution in [1.82, 2.24) is 20.9 Å². The van der Waals surface area contributed by atoms with Crippen LogP contribution in [-0.2, 0) is 14.4 Å². The summed E-state index contributed by atoms with van der Waals surface area (Å²) in [5.41, 5.74) is 2.20. The van der Waals surface area contributed by atoms with Crippen molar-refractivity contribution in [1.29, 1.82) is 0 Å². The molecule has 0 aliphatic carbocycles. The zero-order valence-corrected chi connectivity index (χ0v) is 20.5. The summed E-state index contributed by atoms with van der Waals surface area (Å²) < 4.78 is 5.82. The highest BCUT2D eigenvalue weighted by Gasteiger charge is 2.32. The summed E-state index contributed by atoms with van der Waals surface area (Å²) in [5.74, 6) is 4.79. The highest BCUT2D eigenvalue weighted by molar-refractivity contribution is 6.35. The SMILES string of the molecule is C[C@@H](NC(=O)C(=O)N[C@H]1COc2ccc(C#CCN3CCNCC3)cc2N(C)C1=O)c1ccccc1. The number of nitrogens with one attached hydrogen (secondary N) is 3. The average Bonchev–Trinajstić information content (AvgIpc) is 3.01. The summed E-state index contributed by atoms with van der Waals surface area (Å²) in [6.45, 7) is 6.27. The van der Waals surface area contributed by atoms with Crippen LogP contribution in [0.5, 0.6) is 5.75 Å². The van der Waals surface area contributed by atoms with E-state index in [0.717, 1.165) is 37.3 Å². The number of amides is 3. The molecular formula is C27H31N5O4. The molecule has 2 atom stereocenters. The maximum atomic E-state index is 13.1. The van der Waals surface area contributed by atoms with Crippen LogP contribution in [0.15, 0.2) is 48.5 Å². The molecule has 2 aliphatic rings. The number of piperazine rings is 1. The Bertz CT molecular complexity index is 1170. The number of benzene rings is 2. The maximum Gasteiger partial charge on any atom is 0.310 e. The van der Waals surface area contributed by atoms with Crippen molar-refractivity contribution in [3.63, 3.8) is 0 Å². The predicted octanol–water partition coefficient (Wildman–Crippen LogP) is 0.661. The Labute approximate surface area is 211 Å². The van der Waals surface area contributed by atoms with Gasteiger partial charge in [0, 0.05) is 38.8 Å². The van der Waals surface area contributed by atoms with E-state index in [9.17, 15) is 14.4 Å². The molecule has 1 saturated heterocycles. The summed E-state index contributed by atoms with van der Waals surface area (Å²) in [6.07, 6.45) is 0. The topological polar surface area (TPSA) is 103 Å². The number of likely N-dealkylation sites (N-methyl/N-ethyl adjacent to an activating group) is 1. The molecule has 3 N–H and O–H groups in total. The van der Waals surface area contributed by atoms with Gasteiger partial charge in [-0.05, 0) is 30.7 Å². The monoisotopic (exact) mass is 489 g/mol. The molecule has 0 aromatic heterocycles. The minimum atomic E-state index is -1.00. The molecule has 4 rings (SSSR count). The lowest BCUT2D eigenvalue weighted by atomic mass is 10.1. The van der Waals surface area contributed by atoms with Crippen molar-refractivity contribution in [3.05, 3.63) is 59.7 Å². The van der Waals surface area contributed by atoms with Crippen LogP contribution in [0.2, 0.25) is 0 Å². The minimum Gasteiger partial charge on any atom is -0.489 e. The molecule has 9 nitrogen and oxygen atoms in total. The fourth-order valence-corrected chi connectivity index (χ4v) is 4.11. The number of fused-ring (bicyclic) bond motifs is 1. The van der Waals surface area contributed by atoms with Gasteiger partial charge in [-0.2, -0.15) is 0 Å². The fourth-order valence-electron chi connectivity index (χ4n) is 4.11. The first-order chi connectivity index (χ1) is 17.4. The highest BCUT2D eigenvalue weighted by atomic mass is 16.5. The summed E-state index contributed by atoms with van der Waals surface area (Å²) in [7, 11) is 1.62. The Hall–Kier alpha value is -3.87. The Morgan fingerprint density at radius 1 is 1.14 bits per heavy atom. The zero-order valence-electron chi connectivity index (χ0n) is 20.5. The van der Waals surface area contributed by atoms with Crippen molar-refractivity contribution < 1.29 is 19.1 Å². The quantitative estimate of drug-likeness (QED) is 0.431. The lowest BCUT2D eigenvalue weighted by Crippen LogP contribution is -2.53. The minimum absolute atomic E-state index is 0.0859. The number of hydrogen-bond acceptors (Lipinski definition) is 6. The van der Waals surface area contributed by atoms with Crippen molar-refractivity contribution in [2.24, 2.45) is 0 Å². The highest BCUT2D eigenvalue weighted by Crippen LogP contribution is 2.31. The zero-order chi connectivity index (χ0) is 25.5. The van der Waals surface area contributed by atoms with Gasteiger partial charge in [-0.3, -0.25) is 19.3 Å². The van der Waals surface area contributed by atoms with E-state index in [1.807, 2.05) is 36.4 Å². The number of carbonyl (C=O) groups is 3. The smallest absolute Gasteiger partial charge is 0.310 e. The lowest BCUT2D eigenvalue weighted by Gasteiger charge is -2.24. The van der Waals surface area contributed by atoms with E-state index in [0.29, 0.717) is 18.0 Å². The Balaban J connectivity index is 1.37. The van der Waals surface area contributed by atoms with Crippen LogP contribution in [0.1, 0.15) is 24.1 Å². The van der Waals surface area contributed by atoms with Crippen LogP contribution in [0.4, 0.5) is 5.69 Å². The number of nitrogens with zero attached hydrogens (tertiary/aromatic N) is 2. The molecule has 2 heterocycles. The number of anilines is 1. The van der Waals surface area contributed by atoms with Gasteiger partial charge in [-0.15, -0.1) is 0 Å².